The topological polar surface area (TPSA) is 78.5 Å². The number of rotatable bonds is 9. The normalized spacial score (nSPS) is 16.0. The van der Waals surface area contributed by atoms with E-state index in [0.717, 1.165) is 44.5 Å². The van der Waals surface area contributed by atoms with Crippen molar-refractivity contribution < 1.29 is 13.9 Å². The number of piperidine rings is 1. The van der Waals surface area contributed by atoms with E-state index in [1.807, 2.05) is 25.3 Å². The molecule has 2 heterocycles. The average Bonchev–Trinajstić information content (AvgIpc) is 3.46. The van der Waals surface area contributed by atoms with Crippen LogP contribution in [0.3, 0.4) is 0 Å². The zero-order chi connectivity index (χ0) is 26.3. The molecule has 1 fully saturated rings. The third kappa shape index (κ3) is 5.95. The summed E-state index contributed by atoms with van der Waals surface area (Å²) in [5, 5.41) is 11.9. The first-order chi connectivity index (χ1) is 18.7. The largest absolute Gasteiger partial charge is 0.496 e. The zero-order valence-corrected chi connectivity index (χ0v) is 22.3. The molecule has 2 aromatic carbocycles. The van der Waals surface area contributed by atoms with Gasteiger partial charge in [0.25, 0.3) is 5.91 Å². The van der Waals surface area contributed by atoms with Gasteiger partial charge in [0.2, 0.25) is 5.76 Å². The molecule has 0 bridgehead atoms. The van der Waals surface area contributed by atoms with Crippen molar-refractivity contribution >= 4 is 5.91 Å². The second-order valence-electron chi connectivity index (χ2n) is 10.5. The minimum Gasteiger partial charge on any atom is -0.496 e. The number of nitriles is 1. The van der Waals surface area contributed by atoms with Gasteiger partial charge in [-0.1, -0.05) is 24.3 Å². The summed E-state index contributed by atoms with van der Waals surface area (Å²) in [5.74, 6) is 2.59. The van der Waals surface area contributed by atoms with Crippen LogP contribution in [0.2, 0.25) is 0 Å². The van der Waals surface area contributed by atoms with E-state index in [-0.39, 0.29) is 11.7 Å². The van der Waals surface area contributed by atoms with E-state index in [1.165, 1.54) is 54.5 Å². The minimum absolute atomic E-state index is 0.0616. The number of carbonyl (C=O) groups is 1. The molecule has 2 aliphatic rings. The van der Waals surface area contributed by atoms with Crippen LogP contribution in [-0.2, 0) is 12.8 Å². The highest BCUT2D eigenvalue weighted by Crippen LogP contribution is 2.40. The van der Waals surface area contributed by atoms with Crippen molar-refractivity contribution in [2.45, 2.75) is 57.3 Å². The maximum absolute atomic E-state index is 12.5. The van der Waals surface area contributed by atoms with Gasteiger partial charge in [-0.05, 0) is 118 Å². The lowest BCUT2D eigenvalue weighted by Crippen LogP contribution is -2.34. The van der Waals surface area contributed by atoms with Crippen LogP contribution in [0.5, 0.6) is 5.75 Å². The van der Waals surface area contributed by atoms with E-state index in [4.69, 9.17) is 14.4 Å². The number of likely N-dealkylation sites (tertiary alicyclic amines) is 1. The second kappa shape index (κ2) is 12.3. The molecule has 0 unspecified atom stereocenters. The number of fused-ring (bicyclic) bond motifs is 1. The maximum Gasteiger partial charge on any atom is 0.251 e. The Morgan fingerprint density at radius 3 is 2.58 bits per heavy atom. The van der Waals surface area contributed by atoms with Crippen LogP contribution < -0.4 is 10.1 Å². The van der Waals surface area contributed by atoms with Gasteiger partial charge in [-0.15, -0.1) is 0 Å². The number of furan rings is 1. The van der Waals surface area contributed by atoms with E-state index in [1.54, 1.807) is 24.3 Å². The smallest absolute Gasteiger partial charge is 0.251 e. The predicted octanol–water partition coefficient (Wildman–Crippen LogP) is 6.10. The lowest BCUT2D eigenvalue weighted by Gasteiger charge is -2.33. The standard InChI is InChI=1S/C32H37N3O3/c1-37-31-28-7-3-2-6-23(28)12-14-29(31)24-16-20-35(21-17-24)19-5-4-18-34-32(36)26-10-8-25(9-11-26)30-15-13-27(22-33)38-30/h8-15,24H,2-7,16-21H2,1H3,(H,34,36). The van der Waals surface area contributed by atoms with Crippen LogP contribution in [-0.4, -0.2) is 44.1 Å². The summed E-state index contributed by atoms with van der Waals surface area (Å²) in [4.78, 5) is 15.1. The Labute approximate surface area is 225 Å². The predicted molar refractivity (Wildman–Crippen MR) is 148 cm³/mol. The summed E-state index contributed by atoms with van der Waals surface area (Å²) in [7, 11) is 1.84. The number of benzene rings is 2. The van der Waals surface area contributed by atoms with Crippen molar-refractivity contribution in [2.75, 3.05) is 33.3 Å². The van der Waals surface area contributed by atoms with Crippen LogP contribution >= 0.6 is 0 Å². The summed E-state index contributed by atoms with van der Waals surface area (Å²) in [6.07, 6.45) is 9.31. The molecule has 198 valence electrons. The van der Waals surface area contributed by atoms with Gasteiger partial charge in [0, 0.05) is 17.7 Å². The minimum atomic E-state index is -0.0616. The first kappa shape index (κ1) is 26.1. The van der Waals surface area contributed by atoms with Gasteiger partial charge in [0.1, 0.15) is 17.6 Å². The van der Waals surface area contributed by atoms with Crippen LogP contribution in [0.15, 0.2) is 52.9 Å². The first-order valence-electron chi connectivity index (χ1n) is 14.0. The van der Waals surface area contributed by atoms with E-state index in [2.05, 4.69) is 22.3 Å². The Hall–Kier alpha value is -3.56. The van der Waals surface area contributed by atoms with Gasteiger partial charge in [-0.25, -0.2) is 0 Å². The van der Waals surface area contributed by atoms with Gasteiger partial charge >= 0.3 is 0 Å². The molecule has 0 saturated carbocycles. The lowest BCUT2D eigenvalue weighted by atomic mass is 9.83. The first-order valence-corrected chi connectivity index (χ1v) is 14.0. The summed E-state index contributed by atoms with van der Waals surface area (Å²) >= 11 is 0. The number of amides is 1. The Morgan fingerprint density at radius 1 is 1.05 bits per heavy atom. The van der Waals surface area contributed by atoms with Gasteiger partial charge in [-0.3, -0.25) is 4.79 Å². The average molecular weight is 512 g/mol. The van der Waals surface area contributed by atoms with Crippen molar-refractivity contribution in [3.8, 4) is 23.1 Å². The highest BCUT2D eigenvalue weighted by molar-refractivity contribution is 5.94. The highest BCUT2D eigenvalue weighted by Gasteiger charge is 2.26. The fraction of sp³-hybridized carbons (Fsp3) is 0.438. The fourth-order valence-electron chi connectivity index (χ4n) is 5.95. The lowest BCUT2D eigenvalue weighted by molar-refractivity contribution is 0.0952. The summed E-state index contributed by atoms with van der Waals surface area (Å²) < 4.78 is 11.4. The quantitative estimate of drug-likeness (QED) is 0.352. The number of carbonyl (C=O) groups excluding carboxylic acids is 1. The summed E-state index contributed by atoms with van der Waals surface area (Å²) in [5.41, 5.74) is 5.84. The monoisotopic (exact) mass is 511 g/mol. The number of aryl methyl sites for hydroxylation is 1. The van der Waals surface area contributed by atoms with E-state index in [9.17, 15) is 4.79 Å². The molecule has 1 N–H and O–H groups in total. The van der Waals surface area contributed by atoms with E-state index >= 15 is 0 Å². The molecule has 0 atom stereocenters. The van der Waals surface area contributed by atoms with Gasteiger partial charge in [-0.2, -0.15) is 5.26 Å². The number of ether oxygens (including phenoxy) is 1. The molecular formula is C32H37N3O3. The molecule has 3 aromatic rings. The summed E-state index contributed by atoms with van der Waals surface area (Å²) in [6, 6.07) is 17.4. The van der Waals surface area contributed by atoms with Crippen LogP contribution in [0.1, 0.15) is 77.3 Å². The Morgan fingerprint density at radius 2 is 1.84 bits per heavy atom. The molecule has 1 aliphatic carbocycles. The SMILES string of the molecule is COc1c(C2CCN(CCCCNC(=O)c3ccc(-c4ccc(C#N)o4)cc3)CC2)ccc2c1CCCC2. The van der Waals surface area contributed by atoms with Gasteiger partial charge in [0.05, 0.1) is 7.11 Å². The zero-order valence-electron chi connectivity index (χ0n) is 22.3. The molecule has 0 spiro atoms. The Bertz CT molecular complexity index is 1280. The van der Waals surface area contributed by atoms with E-state index in [0.29, 0.717) is 23.8 Å². The number of unbranched alkanes of at least 4 members (excludes halogenated alkanes) is 1. The molecule has 6 heteroatoms. The number of methoxy groups -OCH3 is 1. The van der Waals surface area contributed by atoms with E-state index < -0.39 is 0 Å². The van der Waals surface area contributed by atoms with Crippen LogP contribution in [0.4, 0.5) is 0 Å². The molecule has 1 amide bonds. The Balaban J connectivity index is 1.02. The fourth-order valence-corrected chi connectivity index (χ4v) is 5.95. The Kier molecular flexibility index (Phi) is 8.45. The molecule has 1 aromatic heterocycles. The molecule has 6 nitrogen and oxygen atoms in total. The molecule has 1 aliphatic heterocycles. The molecule has 1 saturated heterocycles. The number of nitrogens with one attached hydrogen (secondary N) is 1. The van der Waals surface area contributed by atoms with Crippen LogP contribution in [0, 0.1) is 11.3 Å². The van der Waals surface area contributed by atoms with Crippen LogP contribution in [0.25, 0.3) is 11.3 Å². The van der Waals surface area contributed by atoms with Crippen molar-refractivity contribution in [2.24, 2.45) is 0 Å². The summed E-state index contributed by atoms with van der Waals surface area (Å²) in [6.45, 7) is 3.99. The number of hydrogen-bond acceptors (Lipinski definition) is 5. The van der Waals surface area contributed by atoms with Crippen molar-refractivity contribution in [1.82, 2.24) is 10.2 Å². The van der Waals surface area contributed by atoms with Crippen molar-refractivity contribution in [1.29, 1.82) is 5.26 Å². The third-order valence-electron chi connectivity index (χ3n) is 8.08. The van der Waals surface area contributed by atoms with Gasteiger partial charge in [0.15, 0.2) is 0 Å². The number of hydrogen-bond donors (Lipinski definition) is 1. The highest BCUT2D eigenvalue weighted by atomic mass is 16.5. The molecule has 5 rings (SSSR count). The second-order valence-corrected chi connectivity index (χ2v) is 10.5. The molecular weight excluding hydrogens is 474 g/mol. The van der Waals surface area contributed by atoms with Crippen molar-refractivity contribution in [3.05, 3.63) is 76.5 Å². The number of nitrogens with zero attached hydrogens (tertiary/aromatic N) is 2. The third-order valence-corrected chi connectivity index (χ3v) is 8.08. The molecule has 38 heavy (non-hydrogen) atoms. The van der Waals surface area contributed by atoms with Crippen molar-refractivity contribution in [3.63, 3.8) is 0 Å². The maximum atomic E-state index is 12.5. The van der Waals surface area contributed by atoms with Gasteiger partial charge < -0.3 is 19.4 Å². The molecule has 0 radical (unpaired) electrons.